The summed E-state index contributed by atoms with van der Waals surface area (Å²) in [5.41, 5.74) is 1.72. The number of hydrogen-bond acceptors (Lipinski definition) is 3. The molecule has 2 aromatic rings. The maximum absolute atomic E-state index is 11.9. The molecule has 1 heterocycles. The van der Waals surface area contributed by atoms with E-state index in [-0.39, 0.29) is 11.7 Å². The average Bonchev–Trinajstić information content (AvgIpc) is 2.45. The van der Waals surface area contributed by atoms with Crippen LogP contribution in [0.5, 0.6) is 5.88 Å². The van der Waals surface area contributed by atoms with E-state index in [1.165, 1.54) is 0 Å². The second-order valence-electron chi connectivity index (χ2n) is 4.68. The van der Waals surface area contributed by atoms with Crippen molar-refractivity contribution in [2.24, 2.45) is 5.92 Å². The van der Waals surface area contributed by atoms with Gasteiger partial charge in [-0.05, 0) is 11.6 Å². The molecular formula is C16H17NO2. The lowest BCUT2D eigenvalue weighted by molar-refractivity contribution is 0.0938. The van der Waals surface area contributed by atoms with E-state index in [2.05, 4.69) is 4.98 Å². The summed E-state index contributed by atoms with van der Waals surface area (Å²) in [5.74, 6) is 0.562. The van der Waals surface area contributed by atoms with Crippen LogP contribution in [0.15, 0.2) is 48.7 Å². The molecule has 0 atom stereocenters. The lowest BCUT2D eigenvalue weighted by Crippen LogP contribution is -2.08. The Labute approximate surface area is 113 Å². The topological polar surface area (TPSA) is 39.2 Å². The highest BCUT2D eigenvalue weighted by atomic mass is 16.5. The molecule has 0 bridgehead atoms. The van der Waals surface area contributed by atoms with Gasteiger partial charge in [0.15, 0.2) is 5.78 Å². The third-order valence-corrected chi connectivity index (χ3v) is 2.77. The minimum absolute atomic E-state index is 0.0237. The van der Waals surface area contributed by atoms with E-state index in [4.69, 9.17) is 4.74 Å². The van der Waals surface area contributed by atoms with Crippen LogP contribution in [-0.2, 0) is 6.61 Å². The standard InChI is InChI=1S/C16H17NO2/c1-12(2)16(18)14-8-9-17-15(10-14)19-11-13-6-4-3-5-7-13/h3-10,12H,11H2,1-2H3. The zero-order valence-corrected chi connectivity index (χ0v) is 11.2. The van der Waals surface area contributed by atoms with Crippen LogP contribution in [0.4, 0.5) is 0 Å². The Hall–Kier alpha value is -2.16. The lowest BCUT2D eigenvalue weighted by atomic mass is 10.0. The van der Waals surface area contributed by atoms with Crippen molar-refractivity contribution < 1.29 is 9.53 Å². The summed E-state index contributed by atoms with van der Waals surface area (Å²) in [4.78, 5) is 16.0. The Bertz CT molecular complexity index is 550. The van der Waals surface area contributed by atoms with Gasteiger partial charge in [0.05, 0.1) is 0 Å². The Morgan fingerprint density at radius 3 is 2.63 bits per heavy atom. The van der Waals surface area contributed by atoms with Crippen molar-refractivity contribution in [1.82, 2.24) is 4.98 Å². The monoisotopic (exact) mass is 255 g/mol. The normalized spacial score (nSPS) is 10.5. The van der Waals surface area contributed by atoms with Gasteiger partial charge in [-0.1, -0.05) is 44.2 Å². The molecule has 0 N–H and O–H groups in total. The maximum atomic E-state index is 11.9. The van der Waals surface area contributed by atoms with Crippen LogP contribution in [0.3, 0.4) is 0 Å². The van der Waals surface area contributed by atoms with Crippen molar-refractivity contribution in [2.45, 2.75) is 20.5 Å². The number of benzene rings is 1. The molecule has 0 saturated carbocycles. The molecular weight excluding hydrogens is 238 g/mol. The van der Waals surface area contributed by atoms with Gasteiger partial charge >= 0.3 is 0 Å². The van der Waals surface area contributed by atoms with Crippen LogP contribution in [0, 0.1) is 5.92 Å². The highest BCUT2D eigenvalue weighted by Crippen LogP contribution is 2.14. The highest BCUT2D eigenvalue weighted by molar-refractivity contribution is 5.97. The van der Waals surface area contributed by atoms with Gasteiger partial charge in [0.2, 0.25) is 5.88 Å². The fourth-order valence-electron chi connectivity index (χ4n) is 1.71. The Balaban J connectivity index is 2.05. The first-order valence-corrected chi connectivity index (χ1v) is 6.34. The fourth-order valence-corrected chi connectivity index (χ4v) is 1.71. The highest BCUT2D eigenvalue weighted by Gasteiger charge is 2.11. The van der Waals surface area contributed by atoms with Crippen LogP contribution in [0.2, 0.25) is 0 Å². The molecule has 2 rings (SSSR count). The number of pyridine rings is 1. The van der Waals surface area contributed by atoms with Crippen molar-refractivity contribution >= 4 is 5.78 Å². The number of ether oxygens (including phenoxy) is 1. The number of Topliss-reactive ketones (excluding diaryl/α,β-unsaturated/α-hetero) is 1. The summed E-state index contributed by atoms with van der Waals surface area (Å²) in [5, 5.41) is 0. The zero-order valence-electron chi connectivity index (χ0n) is 11.2. The van der Waals surface area contributed by atoms with Crippen molar-refractivity contribution in [2.75, 3.05) is 0 Å². The van der Waals surface area contributed by atoms with E-state index in [1.807, 2.05) is 44.2 Å². The van der Waals surface area contributed by atoms with Crippen LogP contribution in [0.1, 0.15) is 29.8 Å². The third-order valence-electron chi connectivity index (χ3n) is 2.77. The van der Waals surface area contributed by atoms with Gasteiger partial charge in [-0.2, -0.15) is 0 Å². The number of hydrogen-bond donors (Lipinski definition) is 0. The van der Waals surface area contributed by atoms with Crippen LogP contribution in [0.25, 0.3) is 0 Å². The molecule has 19 heavy (non-hydrogen) atoms. The molecule has 0 unspecified atom stereocenters. The molecule has 3 nitrogen and oxygen atoms in total. The summed E-state index contributed by atoms with van der Waals surface area (Å²) in [6.45, 7) is 4.22. The maximum Gasteiger partial charge on any atom is 0.214 e. The van der Waals surface area contributed by atoms with Crippen LogP contribution in [-0.4, -0.2) is 10.8 Å². The number of carbonyl (C=O) groups is 1. The Kier molecular flexibility index (Phi) is 4.29. The Morgan fingerprint density at radius 1 is 1.21 bits per heavy atom. The summed E-state index contributed by atoms with van der Waals surface area (Å²) in [6.07, 6.45) is 1.61. The molecule has 1 aromatic heterocycles. The predicted octanol–water partition coefficient (Wildman–Crippen LogP) is 3.50. The fraction of sp³-hybridized carbons (Fsp3) is 0.250. The van der Waals surface area contributed by atoms with Gasteiger partial charge in [0.25, 0.3) is 0 Å². The summed E-state index contributed by atoms with van der Waals surface area (Å²) in [7, 11) is 0. The first-order valence-electron chi connectivity index (χ1n) is 6.34. The molecule has 3 heteroatoms. The molecule has 0 fully saturated rings. The van der Waals surface area contributed by atoms with Crippen LogP contribution >= 0.6 is 0 Å². The first-order chi connectivity index (χ1) is 9.16. The Morgan fingerprint density at radius 2 is 1.95 bits per heavy atom. The number of rotatable bonds is 5. The number of aromatic nitrogens is 1. The quantitative estimate of drug-likeness (QED) is 0.768. The number of carbonyl (C=O) groups excluding carboxylic acids is 1. The van der Waals surface area contributed by atoms with Gasteiger partial charge in [-0.15, -0.1) is 0 Å². The number of nitrogens with zero attached hydrogens (tertiary/aromatic N) is 1. The average molecular weight is 255 g/mol. The smallest absolute Gasteiger partial charge is 0.214 e. The van der Waals surface area contributed by atoms with Gasteiger partial charge in [0, 0.05) is 23.7 Å². The molecule has 0 amide bonds. The minimum Gasteiger partial charge on any atom is -0.473 e. The summed E-state index contributed by atoms with van der Waals surface area (Å²) in [6, 6.07) is 13.3. The van der Waals surface area contributed by atoms with Gasteiger partial charge in [-0.3, -0.25) is 4.79 Å². The molecule has 1 aromatic carbocycles. The number of ketones is 1. The zero-order chi connectivity index (χ0) is 13.7. The van der Waals surface area contributed by atoms with Gasteiger partial charge in [0.1, 0.15) is 6.61 Å². The van der Waals surface area contributed by atoms with E-state index < -0.39 is 0 Å². The van der Waals surface area contributed by atoms with Crippen molar-refractivity contribution in [3.63, 3.8) is 0 Å². The van der Waals surface area contributed by atoms with Crippen LogP contribution < -0.4 is 4.74 Å². The molecule has 0 aliphatic carbocycles. The van der Waals surface area contributed by atoms with E-state index in [9.17, 15) is 4.79 Å². The molecule has 0 saturated heterocycles. The first kappa shape index (κ1) is 13.3. The van der Waals surface area contributed by atoms with E-state index in [0.29, 0.717) is 18.1 Å². The molecule has 0 aliphatic rings. The van der Waals surface area contributed by atoms with E-state index in [0.717, 1.165) is 5.56 Å². The predicted molar refractivity (Wildman–Crippen MR) is 74.2 cm³/mol. The molecule has 0 aliphatic heterocycles. The second-order valence-corrected chi connectivity index (χ2v) is 4.68. The van der Waals surface area contributed by atoms with Gasteiger partial charge in [-0.25, -0.2) is 4.98 Å². The van der Waals surface area contributed by atoms with E-state index >= 15 is 0 Å². The second kappa shape index (κ2) is 6.14. The van der Waals surface area contributed by atoms with Crippen molar-refractivity contribution in [3.05, 3.63) is 59.8 Å². The summed E-state index contributed by atoms with van der Waals surface area (Å²) < 4.78 is 5.60. The van der Waals surface area contributed by atoms with E-state index in [1.54, 1.807) is 18.3 Å². The van der Waals surface area contributed by atoms with Crippen molar-refractivity contribution in [3.8, 4) is 5.88 Å². The largest absolute Gasteiger partial charge is 0.473 e. The molecule has 0 radical (unpaired) electrons. The van der Waals surface area contributed by atoms with Gasteiger partial charge < -0.3 is 4.74 Å². The summed E-state index contributed by atoms with van der Waals surface area (Å²) >= 11 is 0. The SMILES string of the molecule is CC(C)C(=O)c1ccnc(OCc2ccccc2)c1. The minimum atomic E-state index is -0.0237. The molecule has 0 spiro atoms. The van der Waals surface area contributed by atoms with Crippen molar-refractivity contribution in [1.29, 1.82) is 0 Å². The molecule has 98 valence electrons. The third kappa shape index (κ3) is 3.65. The lowest BCUT2D eigenvalue weighted by Gasteiger charge is -2.08.